The summed E-state index contributed by atoms with van der Waals surface area (Å²) in [6.45, 7) is 4.46. The monoisotopic (exact) mass is 304 g/mol. The zero-order chi connectivity index (χ0) is 16.1. The van der Waals surface area contributed by atoms with Gasteiger partial charge in [0.15, 0.2) is 0 Å². The van der Waals surface area contributed by atoms with Gasteiger partial charge in [0.2, 0.25) is 0 Å². The molecule has 0 saturated heterocycles. The summed E-state index contributed by atoms with van der Waals surface area (Å²) in [4.78, 5) is 0. The SMILES string of the molecule is CC/C=C\C/C=C\C/C=C\CCCCCCCCCCCC. The average Bonchev–Trinajstić information content (AvgIpc) is 2.54. The Hall–Kier alpha value is -0.780. The Morgan fingerprint density at radius 1 is 0.455 bits per heavy atom. The summed E-state index contributed by atoms with van der Waals surface area (Å²) in [5.41, 5.74) is 0. The average molecular weight is 305 g/mol. The second-order valence-corrected chi connectivity index (χ2v) is 6.26. The van der Waals surface area contributed by atoms with Crippen LogP contribution in [0.3, 0.4) is 0 Å². The summed E-state index contributed by atoms with van der Waals surface area (Å²) in [5, 5.41) is 0. The molecule has 0 unspecified atom stereocenters. The quantitative estimate of drug-likeness (QED) is 0.199. The number of unbranched alkanes of at least 4 members (excludes halogenated alkanes) is 10. The molecule has 0 atom stereocenters. The molecule has 0 saturated carbocycles. The molecule has 0 aliphatic rings. The van der Waals surface area contributed by atoms with Crippen molar-refractivity contribution in [3.05, 3.63) is 36.5 Å². The van der Waals surface area contributed by atoms with Gasteiger partial charge in [-0.15, -0.1) is 0 Å². The van der Waals surface area contributed by atoms with Crippen LogP contribution in [0.1, 0.15) is 104 Å². The molecule has 0 rings (SSSR count). The van der Waals surface area contributed by atoms with Gasteiger partial charge in [-0.05, 0) is 32.1 Å². The van der Waals surface area contributed by atoms with Crippen molar-refractivity contribution in [2.45, 2.75) is 104 Å². The van der Waals surface area contributed by atoms with E-state index < -0.39 is 0 Å². The molecule has 0 aliphatic heterocycles. The predicted octanol–water partition coefficient (Wildman–Crippen LogP) is 8.16. The van der Waals surface area contributed by atoms with Gasteiger partial charge in [-0.3, -0.25) is 0 Å². The Balaban J connectivity index is 3.15. The largest absolute Gasteiger partial charge is 0.0885 e. The summed E-state index contributed by atoms with van der Waals surface area (Å²) >= 11 is 0. The van der Waals surface area contributed by atoms with E-state index in [-0.39, 0.29) is 0 Å². The first-order chi connectivity index (χ1) is 10.9. The van der Waals surface area contributed by atoms with Crippen LogP contribution in [-0.4, -0.2) is 0 Å². The van der Waals surface area contributed by atoms with Gasteiger partial charge < -0.3 is 0 Å². The van der Waals surface area contributed by atoms with Gasteiger partial charge in [-0.25, -0.2) is 0 Å². The zero-order valence-corrected chi connectivity index (χ0v) is 15.4. The van der Waals surface area contributed by atoms with Crippen LogP contribution in [0.25, 0.3) is 0 Å². The van der Waals surface area contributed by atoms with E-state index in [1.807, 2.05) is 0 Å². The molecule has 0 aromatic heterocycles. The van der Waals surface area contributed by atoms with Gasteiger partial charge in [0.05, 0.1) is 0 Å². The van der Waals surface area contributed by atoms with Crippen LogP contribution >= 0.6 is 0 Å². The van der Waals surface area contributed by atoms with E-state index in [4.69, 9.17) is 0 Å². The van der Waals surface area contributed by atoms with E-state index in [9.17, 15) is 0 Å². The lowest BCUT2D eigenvalue weighted by molar-refractivity contribution is 0.557. The van der Waals surface area contributed by atoms with Crippen molar-refractivity contribution >= 4 is 0 Å². The fourth-order valence-corrected chi connectivity index (χ4v) is 2.58. The predicted molar refractivity (Wildman–Crippen MR) is 103 cm³/mol. The number of allylic oxidation sites excluding steroid dienone is 6. The van der Waals surface area contributed by atoms with Crippen molar-refractivity contribution < 1.29 is 0 Å². The van der Waals surface area contributed by atoms with E-state index in [2.05, 4.69) is 50.3 Å². The summed E-state index contributed by atoms with van der Waals surface area (Å²) in [6.07, 6.45) is 32.5. The fourth-order valence-electron chi connectivity index (χ4n) is 2.58. The van der Waals surface area contributed by atoms with Crippen LogP contribution < -0.4 is 0 Å². The third kappa shape index (κ3) is 19.2. The van der Waals surface area contributed by atoms with E-state index in [1.54, 1.807) is 0 Å². The minimum atomic E-state index is 1.08. The van der Waals surface area contributed by atoms with Gasteiger partial charge >= 0.3 is 0 Å². The molecule has 0 spiro atoms. The maximum Gasteiger partial charge on any atom is -0.0169 e. The van der Waals surface area contributed by atoms with E-state index >= 15 is 0 Å². The Morgan fingerprint density at radius 3 is 1.45 bits per heavy atom. The molecule has 0 N–H and O–H groups in total. The van der Waals surface area contributed by atoms with Crippen molar-refractivity contribution in [3.63, 3.8) is 0 Å². The van der Waals surface area contributed by atoms with E-state index in [0.29, 0.717) is 0 Å². The van der Waals surface area contributed by atoms with Crippen LogP contribution in [0.4, 0.5) is 0 Å². The number of rotatable bonds is 16. The lowest BCUT2D eigenvalue weighted by atomic mass is 10.1. The maximum atomic E-state index is 2.36. The van der Waals surface area contributed by atoms with E-state index in [1.165, 1.54) is 70.6 Å². The van der Waals surface area contributed by atoms with Crippen molar-refractivity contribution in [3.8, 4) is 0 Å². The van der Waals surface area contributed by atoms with Crippen LogP contribution in [-0.2, 0) is 0 Å². The van der Waals surface area contributed by atoms with Crippen molar-refractivity contribution in [1.82, 2.24) is 0 Å². The van der Waals surface area contributed by atoms with E-state index in [0.717, 1.165) is 19.3 Å². The van der Waals surface area contributed by atoms with Crippen molar-refractivity contribution in [2.75, 3.05) is 0 Å². The summed E-state index contributed by atoms with van der Waals surface area (Å²) < 4.78 is 0. The molecular weight excluding hydrogens is 264 g/mol. The maximum absolute atomic E-state index is 2.36. The Morgan fingerprint density at radius 2 is 0.909 bits per heavy atom. The molecular formula is C22H40. The number of hydrogen-bond donors (Lipinski definition) is 0. The van der Waals surface area contributed by atoms with Gasteiger partial charge in [-0.2, -0.15) is 0 Å². The highest BCUT2D eigenvalue weighted by Crippen LogP contribution is 2.11. The molecule has 0 radical (unpaired) electrons. The smallest absolute Gasteiger partial charge is 0.0169 e. The normalized spacial score (nSPS) is 12.3. The second-order valence-electron chi connectivity index (χ2n) is 6.26. The summed E-state index contributed by atoms with van der Waals surface area (Å²) in [7, 11) is 0. The first-order valence-corrected chi connectivity index (χ1v) is 9.86. The van der Waals surface area contributed by atoms with Gasteiger partial charge in [0.25, 0.3) is 0 Å². The fraction of sp³-hybridized carbons (Fsp3) is 0.727. The molecule has 0 fully saturated rings. The molecule has 0 heteroatoms. The minimum absolute atomic E-state index is 1.08. The molecule has 0 aliphatic carbocycles. The first kappa shape index (κ1) is 21.2. The van der Waals surface area contributed by atoms with Crippen LogP contribution in [0.2, 0.25) is 0 Å². The molecule has 0 bridgehead atoms. The lowest BCUT2D eigenvalue weighted by Crippen LogP contribution is -1.81. The topological polar surface area (TPSA) is 0 Å². The molecule has 0 heterocycles. The molecule has 0 aromatic carbocycles. The highest BCUT2D eigenvalue weighted by atomic mass is 14.0. The minimum Gasteiger partial charge on any atom is -0.0885 e. The highest BCUT2D eigenvalue weighted by Gasteiger charge is 1.91. The van der Waals surface area contributed by atoms with Crippen LogP contribution in [0.15, 0.2) is 36.5 Å². The Kier molecular flexibility index (Phi) is 19.5. The molecule has 22 heavy (non-hydrogen) atoms. The second kappa shape index (κ2) is 20.2. The molecule has 0 amide bonds. The highest BCUT2D eigenvalue weighted by molar-refractivity contribution is 4.96. The lowest BCUT2D eigenvalue weighted by Gasteiger charge is -2.01. The third-order valence-electron chi connectivity index (χ3n) is 4.00. The standard InChI is InChI=1S/C22H40/c1-3-5-7-9-11-13-15-17-19-21-22-20-18-16-14-12-10-8-6-4-2/h5,7,11,13,17,19H,3-4,6,8-10,12,14-16,18,20-22H2,1-2H3/b7-5-,13-11-,19-17-. The Labute approximate surface area is 140 Å². The summed E-state index contributed by atoms with van der Waals surface area (Å²) in [6, 6.07) is 0. The Bertz CT molecular complexity index is 270. The molecule has 0 nitrogen and oxygen atoms in total. The first-order valence-electron chi connectivity index (χ1n) is 9.86. The zero-order valence-electron chi connectivity index (χ0n) is 15.4. The van der Waals surface area contributed by atoms with Crippen molar-refractivity contribution in [2.24, 2.45) is 0 Å². The van der Waals surface area contributed by atoms with Crippen LogP contribution in [0.5, 0.6) is 0 Å². The van der Waals surface area contributed by atoms with Crippen molar-refractivity contribution in [1.29, 1.82) is 0 Å². The molecule has 128 valence electrons. The number of hydrogen-bond acceptors (Lipinski definition) is 0. The van der Waals surface area contributed by atoms with Gasteiger partial charge in [0, 0.05) is 0 Å². The van der Waals surface area contributed by atoms with Gasteiger partial charge in [-0.1, -0.05) is 108 Å². The van der Waals surface area contributed by atoms with Crippen LogP contribution in [0, 0.1) is 0 Å². The molecule has 0 aromatic rings. The van der Waals surface area contributed by atoms with Gasteiger partial charge in [0.1, 0.15) is 0 Å². The summed E-state index contributed by atoms with van der Waals surface area (Å²) in [5.74, 6) is 0. The third-order valence-corrected chi connectivity index (χ3v) is 4.00.